The first kappa shape index (κ1) is 9.73. The second kappa shape index (κ2) is 4.61. The molecule has 0 radical (unpaired) electrons. The van der Waals surface area contributed by atoms with Gasteiger partial charge in [0.2, 0.25) is 0 Å². The summed E-state index contributed by atoms with van der Waals surface area (Å²) in [7, 11) is 3.10. The largest absolute Gasteiger partial charge is 0.468 e. The minimum Gasteiger partial charge on any atom is -0.468 e. The van der Waals surface area contributed by atoms with Gasteiger partial charge in [-0.25, -0.2) is 4.98 Å². The van der Waals surface area contributed by atoms with Gasteiger partial charge >= 0.3 is 5.97 Å². The molecule has 1 rings (SSSR count). The van der Waals surface area contributed by atoms with E-state index in [2.05, 4.69) is 15.0 Å². The summed E-state index contributed by atoms with van der Waals surface area (Å²) in [5, 5.41) is 2.87. The van der Waals surface area contributed by atoms with E-state index >= 15 is 0 Å². The topological polar surface area (TPSA) is 56.2 Å². The van der Waals surface area contributed by atoms with Crippen LogP contribution in [0.1, 0.15) is 0 Å². The molecule has 0 aliphatic heterocycles. The van der Waals surface area contributed by atoms with Crippen LogP contribution in [0.25, 0.3) is 0 Å². The molecule has 0 bridgehead atoms. The van der Waals surface area contributed by atoms with Gasteiger partial charge in [0.1, 0.15) is 6.04 Å². The fraction of sp³-hybridized carbons (Fsp3) is 0.500. The Hall–Kier alpha value is -1.36. The molecule has 1 aromatic heterocycles. The smallest absolute Gasteiger partial charge is 0.324 e. The van der Waals surface area contributed by atoms with Gasteiger partial charge in [-0.3, -0.25) is 4.79 Å². The molecule has 0 saturated heterocycles. The van der Waals surface area contributed by atoms with Crippen LogP contribution in [0.5, 0.6) is 0 Å². The van der Waals surface area contributed by atoms with Crippen molar-refractivity contribution in [2.24, 2.45) is 0 Å². The van der Waals surface area contributed by atoms with Gasteiger partial charge < -0.3 is 14.6 Å². The Balaban J connectivity index is 2.54. The zero-order valence-electron chi connectivity index (χ0n) is 7.73. The predicted octanol–water partition coefficient (Wildman–Crippen LogP) is -0.356. The van der Waals surface area contributed by atoms with Gasteiger partial charge in [-0.05, 0) is 7.05 Å². The Morgan fingerprint density at radius 1 is 1.77 bits per heavy atom. The van der Waals surface area contributed by atoms with Crippen molar-refractivity contribution in [2.75, 3.05) is 14.2 Å². The van der Waals surface area contributed by atoms with E-state index in [1.165, 1.54) is 7.11 Å². The summed E-state index contributed by atoms with van der Waals surface area (Å²) in [6.45, 7) is 0.531. The number of hydrogen-bond acceptors (Lipinski definition) is 4. The van der Waals surface area contributed by atoms with Crippen molar-refractivity contribution in [3.8, 4) is 0 Å². The lowest BCUT2D eigenvalue weighted by molar-refractivity contribution is -0.143. The van der Waals surface area contributed by atoms with Crippen LogP contribution in [0, 0.1) is 0 Å². The second-order valence-corrected chi connectivity index (χ2v) is 2.62. The number of imidazole rings is 1. The summed E-state index contributed by atoms with van der Waals surface area (Å²) in [6.07, 6.45) is 5.13. The molecule has 1 aromatic rings. The number of carbonyl (C=O) groups is 1. The second-order valence-electron chi connectivity index (χ2n) is 2.62. The van der Waals surface area contributed by atoms with E-state index < -0.39 is 0 Å². The van der Waals surface area contributed by atoms with Crippen LogP contribution < -0.4 is 5.32 Å². The maximum absolute atomic E-state index is 11.2. The monoisotopic (exact) mass is 183 g/mol. The Bertz CT molecular complexity index is 258. The van der Waals surface area contributed by atoms with Crippen LogP contribution in [-0.4, -0.2) is 35.7 Å². The molecule has 72 valence electrons. The molecule has 0 spiro atoms. The third kappa shape index (κ3) is 2.55. The molecule has 0 aliphatic rings. The summed E-state index contributed by atoms with van der Waals surface area (Å²) in [4.78, 5) is 15.0. The molecule has 1 N–H and O–H groups in total. The van der Waals surface area contributed by atoms with E-state index in [-0.39, 0.29) is 12.0 Å². The van der Waals surface area contributed by atoms with Gasteiger partial charge in [-0.1, -0.05) is 0 Å². The predicted molar refractivity (Wildman–Crippen MR) is 47.1 cm³/mol. The summed E-state index contributed by atoms with van der Waals surface area (Å²) in [6, 6.07) is -0.320. The molecule has 0 aliphatic carbocycles. The van der Waals surface area contributed by atoms with Crippen LogP contribution in [0.2, 0.25) is 0 Å². The number of nitrogens with zero attached hydrogens (tertiary/aromatic N) is 2. The van der Waals surface area contributed by atoms with Crippen LogP contribution >= 0.6 is 0 Å². The van der Waals surface area contributed by atoms with E-state index in [0.717, 1.165) is 0 Å². The summed E-state index contributed by atoms with van der Waals surface area (Å²) < 4.78 is 6.43. The first-order valence-electron chi connectivity index (χ1n) is 3.98. The first-order valence-corrected chi connectivity index (χ1v) is 3.98. The standard InChI is InChI=1S/C8H13N3O2/c1-9-7(8(12)13-2)5-11-4-3-10-6-11/h3-4,6-7,9H,5H2,1-2H3. The zero-order valence-corrected chi connectivity index (χ0v) is 7.73. The van der Waals surface area contributed by atoms with Crippen LogP contribution in [0.15, 0.2) is 18.7 Å². The fourth-order valence-electron chi connectivity index (χ4n) is 1.03. The van der Waals surface area contributed by atoms with Gasteiger partial charge in [-0.15, -0.1) is 0 Å². The summed E-state index contributed by atoms with van der Waals surface area (Å²) in [5.74, 6) is -0.267. The van der Waals surface area contributed by atoms with E-state index in [9.17, 15) is 4.79 Å². The van der Waals surface area contributed by atoms with Crippen molar-refractivity contribution in [1.82, 2.24) is 14.9 Å². The maximum atomic E-state index is 11.2. The highest BCUT2D eigenvalue weighted by Gasteiger charge is 2.16. The molecule has 1 atom stereocenters. The number of nitrogens with one attached hydrogen (secondary N) is 1. The summed E-state index contributed by atoms with van der Waals surface area (Å²) in [5.41, 5.74) is 0. The lowest BCUT2D eigenvalue weighted by Crippen LogP contribution is -2.38. The van der Waals surface area contributed by atoms with Gasteiger partial charge in [0.05, 0.1) is 13.4 Å². The average Bonchev–Trinajstić information content (AvgIpc) is 2.65. The SMILES string of the molecule is CNC(Cn1ccnc1)C(=O)OC. The molecule has 5 nitrogen and oxygen atoms in total. The minimum absolute atomic E-state index is 0.267. The number of esters is 1. The molecule has 0 aromatic carbocycles. The van der Waals surface area contributed by atoms with Crippen LogP contribution in [-0.2, 0) is 16.1 Å². The number of hydrogen-bond donors (Lipinski definition) is 1. The number of carbonyl (C=O) groups excluding carboxylic acids is 1. The fourth-order valence-corrected chi connectivity index (χ4v) is 1.03. The van der Waals surface area contributed by atoms with Gasteiger partial charge in [0, 0.05) is 18.9 Å². The van der Waals surface area contributed by atoms with Gasteiger partial charge in [0.25, 0.3) is 0 Å². The molecule has 0 amide bonds. The molecule has 0 saturated carbocycles. The minimum atomic E-state index is -0.320. The molecular weight excluding hydrogens is 170 g/mol. The van der Waals surface area contributed by atoms with Crippen LogP contribution in [0.4, 0.5) is 0 Å². The van der Waals surface area contributed by atoms with E-state index in [1.807, 2.05) is 4.57 Å². The summed E-state index contributed by atoms with van der Waals surface area (Å²) >= 11 is 0. The first-order chi connectivity index (χ1) is 6.27. The van der Waals surface area contributed by atoms with E-state index in [4.69, 9.17) is 0 Å². The highest BCUT2D eigenvalue weighted by Crippen LogP contribution is 1.93. The van der Waals surface area contributed by atoms with Crippen molar-refractivity contribution in [1.29, 1.82) is 0 Å². The quantitative estimate of drug-likeness (QED) is 0.648. The van der Waals surface area contributed by atoms with Crippen molar-refractivity contribution < 1.29 is 9.53 Å². The van der Waals surface area contributed by atoms with E-state index in [1.54, 1.807) is 25.8 Å². The van der Waals surface area contributed by atoms with Gasteiger partial charge in [-0.2, -0.15) is 0 Å². The number of rotatable bonds is 4. The van der Waals surface area contributed by atoms with Crippen molar-refractivity contribution in [3.05, 3.63) is 18.7 Å². The number of ether oxygens (including phenoxy) is 1. The number of likely N-dealkylation sites (N-methyl/N-ethyl adjacent to an activating group) is 1. The normalized spacial score (nSPS) is 12.5. The Kier molecular flexibility index (Phi) is 3.45. The van der Waals surface area contributed by atoms with Crippen molar-refractivity contribution in [2.45, 2.75) is 12.6 Å². The van der Waals surface area contributed by atoms with Gasteiger partial charge in [0.15, 0.2) is 0 Å². The Morgan fingerprint density at radius 2 is 2.54 bits per heavy atom. The highest BCUT2D eigenvalue weighted by molar-refractivity contribution is 5.75. The zero-order chi connectivity index (χ0) is 9.68. The molecule has 1 unspecified atom stereocenters. The number of aromatic nitrogens is 2. The molecule has 13 heavy (non-hydrogen) atoms. The van der Waals surface area contributed by atoms with Crippen molar-refractivity contribution in [3.63, 3.8) is 0 Å². The van der Waals surface area contributed by atoms with Crippen LogP contribution in [0.3, 0.4) is 0 Å². The highest BCUT2D eigenvalue weighted by atomic mass is 16.5. The Labute approximate surface area is 76.7 Å². The van der Waals surface area contributed by atoms with Crippen molar-refractivity contribution >= 4 is 5.97 Å². The molecule has 1 heterocycles. The maximum Gasteiger partial charge on any atom is 0.324 e. The third-order valence-electron chi connectivity index (χ3n) is 1.79. The average molecular weight is 183 g/mol. The molecule has 5 heteroatoms. The molecular formula is C8H13N3O2. The third-order valence-corrected chi connectivity index (χ3v) is 1.79. The lowest BCUT2D eigenvalue weighted by Gasteiger charge is -2.13. The van der Waals surface area contributed by atoms with E-state index in [0.29, 0.717) is 6.54 Å². The lowest BCUT2D eigenvalue weighted by atomic mass is 10.3. The molecule has 0 fully saturated rings. The number of methoxy groups -OCH3 is 1. The Morgan fingerprint density at radius 3 is 3.00 bits per heavy atom.